The van der Waals surface area contributed by atoms with Crippen LogP contribution in [-0.2, 0) is 13.5 Å². The molecule has 1 aromatic heterocycles. The standard InChI is InChI=1S/C16H21N3O2/c1-17-13(8-7-12-9-18-19(2)10-12)16-11-20-14-5-3-4-6-15(14)21-16/h3-6,9-10,13,16-17H,7-8,11H2,1-2H3. The molecule has 21 heavy (non-hydrogen) atoms. The number of benzene rings is 1. The van der Waals surface area contributed by atoms with Crippen molar-refractivity contribution in [3.05, 3.63) is 42.2 Å². The summed E-state index contributed by atoms with van der Waals surface area (Å²) in [5.74, 6) is 1.66. The molecule has 0 saturated heterocycles. The molecule has 1 aromatic carbocycles. The lowest BCUT2D eigenvalue weighted by molar-refractivity contribution is 0.0617. The van der Waals surface area contributed by atoms with Gasteiger partial charge in [-0.05, 0) is 37.6 Å². The summed E-state index contributed by atoms with van der Waals surface area (Å²) in [6, 6.07) is 8.07. The van der Waals surface area contributed by atoms with E-state index in [0.29, 0.717) is 6.61 Å². The molecule has 0 amide bonds. The summed E-state index contributed by atoms with van der Waals surface area (Å²) in [5, 5.41) is 7.55. The number of hydrogen-bond donors (Lipinski definition) is 1. The van der Waals surface area contributed by atoms with E-state index >= 15 is 0 Å². The number of likely N-dealkylation sites (N-methyl/N-ethyl adjacent to an activating group) is 1. The predicted octanol–water partition coefficient (Wildman–Crippen LogP) is 1.78. The van der Waals surface area contributed by atoms with Crippen LogP contribution in [0.15, 0.2) is 36.7 Å². The maximum atomic E-state index is 6.07. The number of aryl methyl sites for hydroxylation is 2. The lowest BCUT2D eigenvalue weighted by Crippen LogP contribution is -2.46. The third-order valence-electron chi connectivity index (χ3n) is 3.85. The Morgan fingerprint density at radius 3 is 2.90 bits per heavy atom. The van der Waals surface area contributed by atoms with Crippen LogP contribution in [0.3, 0.4) is 0 Å². The smallest absolute Gasteiger partial charge is 0.161 e. The molecular formula is C16H21N3O2. The average molecular weight is 287 g/mol. The largest absolute Gasteiger partial charge is 0.486 e. The second-order valence-electron chi connectivity index (χ2n) is 5.37. The van der Waals surface area contributed by atoms with Gasteiger partial charge < -0.3 is 14.8 Å². The number of aromatic nitrogens is 2. The molecule has 2 heterocycles. The van der Waals surface area contributed by atoms with Crippen molar-refractivity contribution in [3.63, 3.8) is 0 Å². The molecule has 0 fully saturated rings. The van der Waals surface area contributed by atoms with Gasteiger partial charge in [-0.25, -0.2) is 0 Å². The first-order chi connectivity index (χ1) is 10.3. The van der Waals surface area contributed by atoms with Crippen molar-refractivity contribution in [2.45, 2.75) is 25.0 Å². The minimum absolute atomic E-state index is 0.0292. The summed E-state index contributed by atoms with van der Waals surface area (Å²) in [5.41, 5.74) is 1.25. The van der Waals surface area contributed by atoms with Gasteiger partial charge in [0.1, 0.15) is 12.7 Å². The van der Waals surface area contributed by atoms with Crippen molar-refractivity contribution < 1.29 is 9.47 Å². The van der Waals surface area contributed by atoms with Crippen molar-refractivity contribution in [3.8, 4) is 11.5 Å². The van der Waals surface area contributed by atoms with E-state index in [9.17, 15) is 0 Å². The van der Waals surface area contributed by atoms with Gasteiger partial charge in [0.05, 0.1) is 6.20 Å². The van der Waals surface area contributed by atoms with Crippen LogP contribution in [0, 0.1) is 0 Å². The topological polar surface area (TPSA) is 48.3 Å². The predicted molar refractivity (Wildman–Crippen MR) is 80.7 cm³/mol. The van der Waals surface area contributed by atoms with Crippen LogP contribution in [0.2, 0.25) is 0 Å². The molecule has 0 saturated carbocycles. The summed E-state index contributed by atoms with van der Waals surface area (Å²) < 4.78 is 13.7. The van der Waals surface area contributed by atoms with Gasteiger partial charge in [-0.15, -0.1) is 0 Å². The zero-order chi connectivity index (χ0) is 14.7. The molecule has 0 radical (unpaired) electrons. The van der Waals surface area contributed by atoms with E-state index in [2.05, 4.69) is 16.6 Å². The van der Waals surface area contributed by atoms with Crippen molar-refractivity contribution in [1.82, 2.24) is 15.1 Å². The zero-order valence-corrected chi connectivity index (χ0v) is 12.5. The number of rotatable bonds is 5. The summed E-state index contributed by atoms with van der Waals surface area (Å²) in [6.45, 7) is 0.579. The van der Waals surface area contributed by atoms with Crippen molar-refractivity contribution in [2.24, 2.45) is 7.05 Å². The molecule has 1 aliphatic heterocycles. The number of para-hydroxylation sites is 2. The van der Waals surface area contributed by atoms with Gasteiger partial charge in [0, 0.05) is 19.3 Å². The van der Waals surface area contributed by atoms with E-state index in [-0.39, 0.29) is 12.1 Å². The van der Waals surface area contributed by atoms with Crippen LogP contribution >= 0.6 is 0 Å². The van der Waals surface area contributed by atoms with E-state index in [1.54, 1.807) is 0 Å². The van der Waals surface area contributed by atoms with Crippen molar-refractivity contribution in [2.75, 3.05) is 13.7 Å². The van der Waals surface area contributed by atoms with Crippen LogP contribution in [0.4, 0.5) is 0 Å². The van der Waals surface area contributed by atoms with Gasteiger partial charge in [-0.3, -0.25) is 4.68 Å². The van der Waals surface area contributed by atoms with E-state index in [4.69, 9.17) is 9.47 Å². The lowest BCUT2D eigenvalue weighted by Gasteiger charge is -2.32. The van der Waals surface area contributed by atoms with E-state index in [1.165, 1.54) is 5.56 Å². The molecule has 0 spiro atoms. The van der Waals surface area contributed by atoms with Crippen LogP contribution in [-0.4, -0.2) is 35.6 Å². The molecule has 1 aliphatic rings. The molecule has 1 N–H and O–H groups in total. The van der Waals surface area contributed by atoms with Crippen LogP contribution < -0.4 is 14.8 Å². The summed E-state index contributed by atoms with van der Waals surface area (Å²) in [7, 11) is 3.91. The third kappa shape index (κ3) is 3.19. The van der Waals surface area contributed by atoms with Gasteiger partial charge in [-0.2, -0.15) is 5.10 Å². The molecule has 2 atom stereocenters. The Morgan fingerprint density at radius 1 is 1.38 bits per heavy atom. The highest BCUT2D eigenvalue weighted by molar-refractivity contribution is 5.40. The van der Waals surface area contributed by atoms with Gasteiger partial charge >= 0.3 is 0 Å². The lowest BCUT2D eigenvalue weighted by atomic mass is 10.0. The first-order valence-electron chi connectivity index (χ1n) is 7.29. The molecular weight excluding hydrogens is 266 g/mol. The Bertz CT molecular complexity index is 597. The van der Waals surface area contributed by atoms with E-state index in [1.807, 2.05) is 49.2 Å². The highest BCUT2D eigenvalue weighted by Gasteiger charge is 2.27. The van der Waals surface area contributed by atoms with Gasteiger partial charge in [0.15, 0.2) is 11.5 Å². The van der Waals surface area contributed by atoms with Crippen molar-refractivity contribution in [1.29, 1.82) is 0 Å². The first-order valence-corrected chi connectivity index (χ1v) is 7.29. The molecule has 5 nitrogen and oxygen atoms in total. The summed E-state index contributed by atoms with van der Waals surface area (Å²) in [4.78, 5) is 0. The Balaban J connectivity index is 1.62. The van der Waals surface area contributed by atoms with Gasteiger partial charge in [0.25, 0.3) is 0 Å². The molecule has 2 aromatic rings. The molecule has 0 aliphatic carbocycles. The monoisotopic (exact) mass is 287 g/mol. The minimum atomic E-state index is 0.0292. The second-order valence-corrected chi connectivity index (χ2v) is 5.37. The van der Waals surface area contributed by atoms with E-state index < -0.39 is 0 Å². The highest BCUT2D eigenvalue weighted by atomic mass is 16.6. The fourth-order valence-corrected chi connectivity index (χ4v) is 2.67. The van der Waals surface area contributed by atoms with Crippen LogP contribution in [0.1, 0.15) is 12.0 Å². The molecule has 112 valence electrons. The molecule has 5 heteroatoms. The highest BCUT2D eigenvalue weighted by Crippen LogP contribution is 2.32. The van der Waals surface area contributed by atoms with Gasteiger partial charge in [-0.1, -0.05) is 12.1 Å². The number of ether oxygens (including phenoxy) is 2. The summed E-state index contributed by atoms with van der Waals surface area (Å²) >= 11 is 0. The van der Waals surface area contributed by atoms with E-state index in [0.717, 1.165) is 24.3 Å². The number of nitrogens with one attached hydrogen (secondary N) is 1. The second kappa shape index (κ2) is 6.18. The normalized spacial score (nSPS) is 18.5. The van der Waals surface area contributed by atoms with Crippen LogP contribution in [0.5, 0.6) is 11.5 Å². The summed E-state index contributed by atoms with van der Waals surface area (Å²) in [6.07, 6.45) is 5.96. The Labute approximate surface area is 124 Å². The van der Waals surface area contributed by atoms with Crippen molar-refractivity contribution >= 4 is 0 Å². The minimum Gasteiger partial charge on any atom is -0.486 e. The maximum Gasteiger partial charge on any atom is 0.161 e. The Hall–Kier alpha value is -2.01. The fraction of sp³-hybridized carbons (Fsp3) is 0.438. The zero-order valence-electron chi connectivity index (χ0n) is 12.5. The van der Waals surface area contributed by atoms with Gasteiger partial charge in [0.2, 0.25) is 0 Å². The Morgan fingerprint density at radius 2 is 2.19 bits per heavy atom. The third-order valence-corrected chi connectivity index (χ3v) is 3.85. The first kappa shape index (κ1) is 13.9. The number of nitrogens with zero attached hydrogens (tertiary/aromatic N) is 2. The number of fused-ring (bicyclic) bond motifs is 1. The van der Waals surface area contributed by atoms with Crippen LogP contribution in [0.25, 0.3) is 0 Å². The maximum absolute atomic E-state index is 6.07. The number of hydrogen-bond acceptors (Lipinski definition) is 4. The average Bonchev–Trinajstić information content (AvgIpc) is 2.93. The molecule has 0 bridgehead atoms. The molecule has 2 unspecified atom stereocenters. The quantitative estimate of drug-likeness (QED) is 0.910. The fourth-order valence-electron chi connectivity index (χ4n) is 2.67. The Kier molecular flexibility index (Phi) is 4.10. The molecule has 3 rings (SSSR count). The SMILES string of the molecule is CNC(CCc1cnn(C)c1)C1COc2ccccc2O1.